The van der Waals surface area contributed by atoms with E-state index in [1.165, 1.54) is 0 Å². The summed E-state index contributed by atoms with van der Waals surface area (Å²) in [6.45, 7) is 16.1. The van der Waals surface area contributed by atoms with Crippen LogP contribution in [0.4, 0.5) is 27.6 Å². The van der Waals surface area contributed by atoms with E-state index in [9.17, 15) is 37.5 Å². The zero-order valence-electron chi connectivity index (χ0n) is 36.1. The second kappa shape index (κ2) is 21.5. The number of amides is 4. The van der Waals surface area contributed by atoms with Gasteiger partial charge in [0, 0.05) is 6.54 Å². The zero-order valence-corrected chi connectivity index (χ0v) is 36.1. The maximum atomic E-state index is 13.5. The SMILES string of the molecule is [B]OCC1O[C@H](O[C@@H]2C(O)C(O[C@H]3OC(CNC(=O)OC(C)(C)C)CCC3NC(=O)OC(C)(C)C)[C@H](NC(=O)OC(C)(C)C)C[C@H]2C)C(O[B])[C@@H](NC(=O)C(F)(F)F)[C@@H]1O[B]. The Morgan fingerprint density at radius 2 is 1.21 bits per heavy atom. The van der Waals surface area contributed by atoms with Gasteiger partial charge in [-0.1, -0.05) is 6.92 Å². The second-order valence-corrected chi connectivity index (χ2v) is 18.1. The minimum Gasteiger partial charge on any atom is -0.445 e. The van der Waals surface area contributed by atoms with E-state index in [1.54, 1.807) is 74.6 Å². The molecular formula is C36H58B3F3N4O15. The van der Waals surface area contributed by atoms with Crippen LogP contribution in [0.15, 0.2) is 0 Å². The Labute approximate surface area is 357 Å². The molecule has 2 aliphatic heterocycles. The van der Waals surface area contributed by atoms with E-state index < -0.39 is 133 Å². The highest BCUT2D eigenvalue weighted by atomic mass is 19.4. The van der Waals surface area contributed by atoms with E-state index in [-0.39, 0.29) is 19.4 Å². The number of aliphatic hydroxyl groups is 1. The molecule has 3 fully saturated rings. The fraction of sp³-hybridized carbons (Fsp3) is 0.889. The van der Waals surface area contributed by atoms with Crippen molar-refractivity contribution in [1.29, 1.82) is 0 Å². The van der Waals surface area contributed by atoms with Crippen molar-refractivity contribution in [2.75, 3.05) is 13.2 Å². The second-order valence-electron chi connectivity index (χ2n) is 18.1. The molecule has 2 heterocycles. The largest absolute Gasteiger partial charge is 0.471 e. The Balaban J connectivity index is 2.01. The average molecular weight is 876 g/mol. The van der Waals surface area contributed by atoms with Gasteiger partial charge in [0.2, 0.25) is 0 Å². The van der Waals surface area contributed by atoms with Gasteiger partial charge in [0.15, 0.2) is 12.6 Å². The lowest BCUT2D eigenvalue weighted by Gasteiger charge is -2.50. The average Bonchev–Trinajstić information content (AvgIpc) is 3.09. The third-order valence-electron chi connectivity index (χ3n) is 9.35. The molecule has 2 saturated heterocycles. The Hall–Kier alpha value is -3.06. The fourth-order valence-corrected chi connectivity index (χ4v) is 6.94. The summed E-state index contributed by atoms with van der Waals surface area (Å²) in [5.41, 5.74) is -2.60. The Morgan fingerprint density at radius 1 is 0.689 bits per heavy atom. The minimum absolute atomic E-state index is 0.00509. The van der Waals surface area contributed by atoms with Crippen LogP contribution in [0.25, 0.3) is 0 Å². The number of nitrogens with one attached hydrogen (secondary N) is 4. The molecule has 6 unspecified atom stereocenters. The monoisotopic (exact) mass is 876 g/mol. The van der Waals surface area contributed by atoms with Crippen LogP contribution >= 0.6 is 0 Å². The van der Waals surface area contributed by atoms with Gasteiger partial charge in [0.1, 0.15) is 41.2 Å². The van der Waals surface area contributed by atoms with Crippen molar-refractivity contribution in [2.24, 2.45) is 5.92 Å². The molecule has 13 atom stereocenters. The normalized spacial score (nSPS) is 32.5. The number of halogens is 3. The van der Waals surface area contributed by atoms with Gasteiger partial charge in [-0.3, -0.25) is 4.79 Å². The van der Waals surface area contributed by atoms with Crippen LogP contribution in [0.1, 0.15) is 88.5 Å². The molecule has 61 heavy (non-hydrogen) atoms. The number of alkyl halides is 3. The number of hydrogen-bond donors (Lipinski definition) is 5. The fourth-order valence-electron chi connectivity index (χ4n) is 6.94. The third-order valence-corrected chi connectivity index (χ3v) is 9.35. The van der Waals surface area contributed by atoms with Gasteiger partial charge in [-0.25, -0.2) is 14.4 Å². The van der Waals surface area contributed by atoms with Crippen molar-refractivity contribution in [3.63, 3.8) is 0 Å². The van der Waals surface area contributed by atoms with E-state index in [1.807, 2.05) is 0 Å². The van der Waals surface area contributed by atoms with Gasteiger partial charge in [0.25, 0.3) is 24.1 Å². The summed E-state index contributed by atoms with van der Waals surface area (Å²) >= 11 is 0. The van der Waals surface area contributed by atoms with Crippen molar-refractivity contribution in [3.8, 4) is 0 Å². The topological polar surface area (TPSA) is 229 Å². The first-order valence-electron chi connectivity index (χ1n) is 19.7. The predicted octanol–water partition coefficient (Wildman–Crippen LogP) is 1.78. The van der Waals surface area contributed by atoms with Crippen LogP contribution in [0, 0.1) is 5.92 Å². The maximum Gasteiger partial charge on any atom is 0.471 e. The highest BCUT2D eigenvalue weighted by Gasteiger charge is 2.54. The van der Waals surface area contributed by atoms with Crippen molar-refractivity contribution >= 4 is 48.3 Å². The van der Waals surface area contributed by atoms with Crippen LogP contribution in [0.2, 0.25) is 0 Å². The Bertz CT molecular complexity index is 1470. The third kappa shape index (κ3) is 16.2. The first-order chi connectivity index (χ1) is 28.0. The van der Waals surface area contributed by atoms with Crippen LogP contribution in [-0.4, -0.2) is 163 Å². The smallest absolute Gasteiger partial charge is 0.445 e. The molecule has 0 bridgehead atoms. The molecule has 1 aliphatic carbocycles. The van der Waals surface area contributed by atoms with Gasteiger partial charge in [0.05, 0.1) is 43.0 Å². The molecule has 6 radical (unpaired) electrons. The predicted molar refractivity (Wildman–Crippen MR) is 208 cm³/mol. The molecule has 0 aromatic heterocycles. The molecule has 0 aromatic rings. The van der Waals surface area contributed by atoms with Gasteiger partial charge in [-0.15, -0.1) is 0 Å². The number of aliphatic hydroxyl groups excluding tert-OH is 1. The van der Waals surface area contributed by atoms with Crippen LogP contribution in [0.3, 0.4) is 0 Å². The molecule has 3 rings (SSSR count). The summed E-state index contributed by atoms with van der Waals surface area (Å²) in [5.74, 6) is -3.10. The lowest BCUT2D eigenvalue weighted by atomic mass is 9.80. The van der Waals surface area contributed by atoms with Crippen molar-refractivity contribution in [3.05, 3.63) is 0 Å². The molecule has 19 nitrogen and oxygen atoms in total. The number of alkyl carbamates (subject to hydrolysis) is 3. The van der Waals surface area contributed by atoms with Crippen molar-refractivity contribution in [2.45, 2.75) is 185 Å². The lowest BCUT2D eigenvalue weighted by Crippen LogP contribution is -2.69. The summed E-state index contributed by atoms with van der Waals surface area (Å²) in [6.07, 6.45) is -20.3. The molecular weight excluding hydrogens is 818 g/mol. The zero-order chi connectivity index (χ0) is 46.2. The van der Waals surface area contributed by atoms with Gasteiger partial charge >= 0.3 is 30.4 Å². The maximum absolute atomic E-state index is 13.5. The van der Waals surface area contributed by atoms with E-state index >= 15 is 0 Å². The van der Waals surface area contributed by atoms with E-state index in [4.69, 9.17) is 66.6 Å². The quantitative estimate of drug-likeness (QED) is 0.131. The summed E-state index contributed by atoms with van der Waals surface area (Å²) < 4.78 is 96.1. The highest BCUT2D eigenvalue weighted by molar-refractivity contribution is 5.99. The lowest BCUT2D eigenvalue weighted by molar-refractivity contribution is -0.314. The summed E-state index contributed by atoms with van der Waals surface area (Å²) in [5, 5.41) is 22.0. The van der Waals surface area contributed by atoms with Gasteiger partial charge < -0.3 is 73.5 Å². The Morgan fingerprint density at radius 3 is 1.72 bits per heavy atom. The molecule has 1 saturated carbocycles. The molecule has 0 spiro atoms. The van der Waals surface area contributed by atoms with Gasteiger partial charge in [-0.2, -0.15) is 13.2 Å². The van der Waals surface area contributed by atoms with E-state index in [0.29, 0.717) is 6.42 Å². The van der Waals surface area contributed by atoms with Gasteiger partial charge in [-0.05, 0) is 87.5 Å². The molecule has 342 valence electrons. The van der Waals surface area contributed by atoms with E-state index in [0.717, 1.165) is 0 Å². The van der Waals surface area contributed by atoms with Crippen LogP contribution in [0.5, 0.6) is 0 Å². The first kappa shape index (κ1) is 52.3. The molecule has 4 amide bonds. The number of ether oxygens (including phenoxy) is 7. The number of carbonyl (C=O) groups excluding carboxylic acids is 4. The number of rotatable bonds is 13. The van der Waals surface area contributed by atoms with Crippen LogP contribution in [-0.2, 0) is 51.9 Å². The van der Waals surface area contributed by atoms with Crippen molar-refractivity contribution < 1.29 is 84.6 Å². The first-order valence-corrected chi connectivity index (χ1v) is 19.7. The molecule has 3 aliphatic rings. The number of hydrogen-bond acceptors (Lipinski definition) is 15. The standard InChI is InChI=1S/C36H58B3F3N4O15/c1-16-13-19(45-32(51)59-35(8,9)10)24(56-27-18(44-31(50)58-34(5,6)7)12-11-17(53-27)14-43-30(49)57-33(2,3)4)22(47)23(16)55-28-26(61-39)21(46-29(48)36(40,41)42)25(60-38)20(54-28)15-52-37/h16-28,47H,11-15H2,1-10H3,(H,43,49)(H,44,50)(H,45,51)(H,46,48)/t16-,17?,18?,19-,20?,21+,22?,23+,24?,25-,26?,27-,28-/m1/s1. The summed E-state index contributed by atoms with van der Waals surface area (Å²) in [7, 11) is 16.2. The number of carbonyl (C=O) groups is 4. The summed E-state index contributed by atoms with van der Waals surface area (Å²) in [6, 6.07) is -3.73. The minimum atomic E-state index is -5.36. The molecule has 5 N–H and O–H groups in total. The van der Waals surface area contributed by atoms with Crippen molar-refractivity contribution in [1.82, 2.24) is 21.3 Å². The Kier molecular flexibility index (Phi) is 18.5. The van der Waals surface area contributed by atoms with E-state index in [2.05, 4.69) is 20.6 Å². The van der Waals surface area contributed by atoms with Crippen LogP contribution < -0.4 is 21.3 Å². The molecule has 25 heteroatoms. The molecule has 0 aromatic carbocycles. The highest BCUT2D eigenvalue weighted by Crippen LogP contribution is 2.36. The summed E-state index contributed by atoms with van der Waals surface area (Å²) in [4.78, 5) is 50.8.